The number of nitrogens with zero attached hydrogens (tertiary/aromatic N) is 1. The van der Waals surface area contributed by atoms with Crippen LogP contribution in [0.1, 0.15) is 12.0 Å². The van der Waals surface area contributed by atoms with Crippen molar-refractivity contribution in [2.24, 2.45) is 0 Å². The van der Waals surface area contributed by atoms with Crippen LogP contribution in [0.25, 0.3) is 0 Å². The van der Waals surface area contributed by atoms with Crippen LogP contribution < -0.4 is 23.7 Å². The Bertz CT molecular complexity index is 1450. The largest absolute Gasteiger partial charge is 0.493 e. The second-order valence-electron chi connectivity index (χ2n) is 8.82. The zero-order chi connectivity index (χ0) is 28.4. The molecule has 1 heterocycles. The minimum absolute atomic E-state index is 0.00513. The number of anilines is 1. The third-order valence-electron chi connectivity index (χ3n) is 5.98. The Morgan fingerprint density at radius 3 is 2.28 bits per heavy atom. The second kappa shape index (κ2) is 11.4. The first kappa shape index (κ1) is 28.7. The van der Waals surface area contributed by atoms with Crippen LogP contribution in [-0.4, -0.2) is 53.8 Å². The Kier molecular flexibility index (Phi) is 8.38. The molecule has 1 aliphatic heterocycles. The molecule has 0 saturated carbocycles. The molecule has 39 heavy (non-hydrogen) atoms. The Balaban J connectivity index is 1.55. The number of alkyl halides is 3. The highest BCUT2D eigenvalue weighted by Crippen LogP contribution is 2.40. The molecule has 0 radical (unpaired) electrons. The van der Waals surface area contributed by atoms with Gasteiger partial charge in [0.15, 0.2) is 11.5 Å². The lowest BCUT2D eigenvalue weighted by atomic mass is 10.1. The van der Waals surface area contributed by atoms with Crippen molar-refractivity contribution >= 4 is 27.3 Å². The molecule has 0 bridgehead atoms. The topological polar surface area (TPSA) is 86.3 Å². The third kappa shape index (κ3) is 6.81. The van der Waals surface area contributed by atoms with Gasteiger partial charge in [-0.2, -0.15) is 13.2 Å². The van der Waals surface area contributed by atoms with Gasteiger partial charge >= 0.3 is 6.18 Å². The number of hydrogen-bond donors (Lipinski definition) is 1. The van der Waals surface area contributed by atoms with Crippen LogP contribution in [0.15, 0.2) is 59.5 Å². The van der Waals surface area contributed by atoms with Gasteiger partial charge in [-0.25, -0.2) is 8.42 Å². The highest BCUT2D eigenvalue weighted by molar-refractivity contribution is 7.92. The summed E-state index contributed by atoms with van der Waals surface area (Å²) >= 11 is 6.30. The lowest BCUT2D eigenvalue weighted by molar-refractivity contribution is -0.139. The van der Waals surface area contributed by atoms with Crippen molar-refractivity contribution in [1.82, 2.24) is 4.90 Å². The molecule has 4 rings (SSSR count). The van der Waals surface area contributed by atoms with Gasteiger partial charge in [-0.05, 0) is 55.9 Å². The number of ether oxygens (including phenoxy) is 4. The predicted molar refractivity (Wildman–Crippen MR) is 140 cm³/mol. The van der Waals surface area contributed by atoms with E-state index >= 15 is 0 Å². The van der Waals surface area contributed by atoms with Crippen molar-refractivity contribution in [3.8, 4) is 28.7 Å². The Morgan fingerprint density at radius 1 is 0.949 bits per heavy atom. The molecular formula is C26H26ClF3N2O6S. The maximum atomic E-state index is 13.6. The van der Waals surface area contributed by atoms with Crippen molar-refractivity contribution in [3.05, 3.63) is 65.2 Å². The van der Waals surface area contributed by atoms with Gasteiger partial charge in [-0.3, -0.25) is 4.72 Å². The Hall–Kier alpha value is -3.35. The lowest BCUT2D eigenvalue weighted by Crippen LogP contribution is -2.23. The molecule has 210 valence electrons. The van der Waals surface area contributed by atoms with Crippen LogP contribution >= 0.6 is 11.6 Å². The van der Waals surface area contributed by atoms with E-state index in [4.69, 9.17) is 30.5 Å². The highest BCUT2D eigenvalue weighted by atomic mass is 35.5. The van der Waals surface area contributed by atoms with Gasteiger partial charge in [-0.15, -0.1) is 0 Å². The fourth-order valence-electron chi connectivity index (χ4n) is 4.04. The smallest absolute Gasteiger partial charge is 0.419 e. The highest BCUT2D eigenvalue weighted by Gasteiger charge is 2.36. The van der Waals surface area contributed by atoms with Gasteiger partial charge in [0.1, 0.15) is 23.4 Å². The summed E-state index contributed by atoms with van der Waals surface area (Å²) in [6.07, 6.45) is -4.56. The first-order valence-corrected chi connectivity index (χ1v) is 13.5. The molecule has 8 nitrogen and oxygen atoms in total. The predicted octanol–water partition coefficient (Wildman–Crippen LogP) is 6.05. The third-order valence-corrected chi connectivity index (χ3v) is 7.65. The van der Waals surface area contributed by atoms with Crippen LogP contribution in [0, 0.1) is 0 Å². The average Bonchev–Trinajstić information content (AvgIpc) is 3.28. The van der Waals surface area contributed by atoms with Crippen molar-refractivity contribution in [3.63, 3.8) is 0 Å². The van der Waals surface area contributed by atoms with Crippen LogP contribution in [0.2, 0.25) is 5.02 Å². The van der Waals surface area contributed by atoms with Gasteiger partial charge in [0.2, 0.25) is 0 Å². The molecule has 1 saturated heterocycles. The number of likely N-dealkylation sites (tertiary alicyclic amines) is 1. The summed E-state index contributed by atoms with van der Waals surface area (Å²) < 4.78 is 91.0. The first-order chi connectivity index (χ1) is 18.4. The summed E-state index contributed by atoms with van der Waals surface area (Å²) in [6.45, 7) is 1.15. The summed E-state index contributed by atoms with van der Waals surface area (Å²) in [5.74, 6) is 1.02. The Labute approximate surface area is 229 Å². The van der Waals surface area contributed by atoms with E-state index in [9.17, 15) is 21.6 Å². The monoisotopic (exact) mass is 586 g/mol. The maximum absolute atomic E-state index is 13.6. The van der Waals surface area contributed by atoms with Gasteiger partial charge in [0, 0.05) is 25.2 Å². The number of halogens is 4. The fraction of sp³-hybridized carbons (Fsp3) is 0.308. The number of nitrogens with one attached hydrogen (secondary N) is 1. The first-order valence-electron chi connectivity index (χ1n) is 11.7. The van der Waals surface area contributed by atoms with E-state index in [-0.39, 0.29) is 21.4 Å². The number of methoxy groups -OCH3 is 2. The van der Waals surface area contributed by atoms with Crippen LogP contribution in [-0.2, 0) is 16.2 Å². The van der Waals surface area contributed by atoms with Gasteiger partial charge < -0.3 is 23.8 Å². The molecule has 1 unspecified atom stereocenters. The van der Waals surface area contributed by atoms with Gasteiger partial charge in [0.05, 0.1) is 35.4 Å². The standard InChI is InChI=1S/C26H26ClF3N2O6S/c1-32-11-10-18(15-32)38-24-12-16(4-7-20(24)26(28,29)30)31-39(33,34)19-6-9-22(21(27)14-19)37-17-5-8-23(35-2)25(13-17)36-3/h4-9,12-14,18,31H,10-11,15H2,1-3H3. The number of hydrogen-bond acceptors (Lipinski definition) is 7. The maximum Gasteiger partial charge on any atom is 0.419 e. The number of rotatable bonds is 9. The molecule has 0 amide bonds. The number of sulfonamides is 1. The Morgan fingerprint density at radius 2 is 1.67 bits per heavy atom. The molecule has 1 atom stereocenters. The molecule has 0 aromatic heterocycles. The van der Waals surface area contributed by atoms with Crippen molar-refractivity contribution < 1.29 is 40.5 Å². The summed E-state index contributed by atoms with van der Waals surface area (Å²) in [6, 6.07) is 11.5. The van der Waals surface area contributed by atoms with E-state index in [1.165, 1.54) is 32.4 Å². The van der Waals surface area contributed by atoms with E-state index < -0.39 is 33.6 Å². The van der Waals surface area contributed by atoms with Crippen LogP contribution in [0.5, 0.6) is 28.7 Å². The van der Waals surface area contributed by atoms with Gasteiger partial charge in [-0.1, -0.05) is 11.6 Å². The molecule has 1 N–H and O–H groups in total. The van der Waals surface area contributed by atoms with Crippen LogP contribution in [0.3, 0.4) is 0 Å². The summed E-state index contributed by atoms with van der Waals surface area (Å²) in [4.78, 5) is 1.72. The van der Waals surface area contributed by atoms with E-state index in [1.807, 2.05) is 11.9 Å². The average molecular weight is 587 g/mol. The summed E-state index contributed by atoms with van der Waals surface area (Å²) in [7, 11) is 0.591. The molecule has 1 aliphatic rings. The molecule has 3 aromatic carbocycles. The minimum Gasteiger partial charge on any atom is -0.493 e. The lowest BCUT2D eigenvalue weighted by Gasteiger charge is -2.19. The zero-order valence-electron chi connectivity index (χ0n) is 21.2. The zero-order valence-corrected chi connectivity index (χ0v) is 22.8. The van der Waals surface area contributed by atoms with Crippen molar-refractivity contribution in [1.29, 1.82) is 0 Å². The second-order valence-corrected chi connectivity index (χ2v) is 10.9. The molecule has 3 aromatic rings. The molecule has 0 spiro atoms. The van der Waals surface area contributed by atoms with E-state index in [0.717, 1.165) is 18.2 Å². The van der Waals surface area contributed by atoms with E-state index in [1.54, 1.807) is 18.2 Å². The van der Waals surface area contributed by atoms with E-state index in [0.29, 0.717) is 36.8 Å². The summed E-state index contributed by atoms with van der Waals surface area (Å²) in [5, 5.41) is -0.00513. The normalized spacial score (nSPS) is 16.1. The van der Waals surface area contributed by atoms with Crippen LogP contribution in [0.4, 0.5) is 18.9 Å². The quantitative estimate of drug-likeness (QED) is 0.326. The molecule has 13 heteroatoms. The SMILES string of the molecule is COc1ccc(Oc2ccc(S(=O)(=O)Nc3ccc(C(F)(F)F)c(OC4CCN(C)C4)c3)cc2Cl)cc1OC. The summed E-state index contributed by atoms with van der Waals surface area (Å²) in [5.41, 5.74) is -1.08. The molecule has 0 aliphatic carbocycles. The molecular weight excluding hydrogens is 561 g/mol. The van der Waals surface area contributed by atoms with Gasteiger partial charge in [0.25, 0.3) is 10.0 Å². The number of benzene rings is 3. The van der Waals surface area contributed by atoms with Crippen molar-refractivity contribution in [2.45, 2.75) is 23.6 Å². The fourth-order valence-corrected chi connectivity index (χ4v) is 5.40. The molecule has 1 fully saturated rings. The van der Waals surface area contributed by atoms with E-state index in [2.05, 4.69) is 4.72 Å². The van der Waals surface area contributed by atoms with Crippen molar-refractivity contribution in [2.75, 3.05) is 39.1 Å². The minimum atomic E-state index is -4.67. The number of likely N-dealkylation sites (N-methyl/N-ethyl adjacent to an activating group) is 1.